The highest BCUT2D eigenvalue weighted by Crippen LogP contribution is 2.31. The molecule has 2 amide bonds. The molecule has 2 rings (SSSR count). The van der Waals surface area contributed by atoms with Gasteiger partial charge in [-0.3, -0.25) is 0 Å². The molecule has 1 atom stereocenters. The summed E-state index contributed by atoms with van der Waals surface area (Å²) in [6.45, 7) is 3.92. The maximum absolute atomic E-state index is 12.4. The van der Waals surface area contributed by atoms with Crippen LogP contribution in [0.4, 0.5) is 10.5 Å². The van der Waals surface area contributed by atoms with Crippen molar-refractivity contribution in [3.8, 4) is 5.75 Å². The van der Waals surface area contributed by atoms with E-state index < -0.39 is 17.5 Å². The molecule has 0 radical (unpaired) electrons. The van der Waals surface area contributed by atoms with Gasteiger partial charge in [0.15, 0.2) is 0 Å². The number of aryl methyl sites for hydroxylation is 1. The molecule has 1 aromatic rings. The summed E-state index contributed by atoms with van der Waals surface area (Å²) in [6, 6.07) is 5.03. The number of carbonyl (C=O) groups is 2. The van der Waals surface area contributed by atoms with E-state index in [4.69, 9.17) is 4.74 Å². The first-order valence-electron chi connectivity index (χ1n) is 6.85. The molecule has 1 aliphatic rings. The Hall–Kier alpha value is -2.24. The van der Waals surface area contributed by atoms with Crippen LogP contribution in [0.1, 0.15) is 25.3 Å². The van der Waals surface area contributed by atoms with Crippen LogP contribution in [0.3, 0.4) is 0 Å². The van der Waals surface area contributed by atoms with Crippen LogP contribution in [-0.2, 0) is 4.79 Å². The Morgan fingerprint density at radius 2 is 2.14 bits per heavy atom. The fourth-order valence-corrected chi connectivity index (χ4v) is 2.61. The van der Waals surface area contributed by atoms with E-state index in [0.717, 1.165) is 5.56 Å². The normalized spacial score (nSPS) is 21.2. The second-order valence-electron chi connectivity index (χ2n) is 5.47. The van der Waals surface area contributed by atoms with Crippen molar-refractivity contribution in [2.45, 2.75) is 32.2 Å². The second-order valence-corrected chi connectivity index (χ2v) is 5.47. The van der Waals surface area contributed by atoms with E-state index in [0.29, 0.717) is 30.8 Å². The summed E-state index contributed by atoms with van der Waals surface area (Å²) in [5.41, 5.74) is 0.372. The molecule has 1 heterocycles. The molecule has 114 valence electrons. The summed E-state index contributed by atoms with van der Waals surface area (Å²) < 4.78 is 5.21. The molecule has 1 aliphatic heterocycles. The molecule has 6 heteroatoms. The monoisotopic (exact) mass is 292 g/mol. The van der Waals surface area contributed by atoms with Gasteiger partial charge in [0.25, 0.3) is 0 Å². The molecule has 6 nitrogen and oxygen atoms in total. The highest BCUT2D eigenvalue weighted by molar-refractivity contribution is 5.95. The Kier molecular flexibility index (Phi) is 4.06. The van der Waals surface area contributed by atoms with Crippen LogP contribution in [0, 0.1) is 6.92 Å². The molecule has 1 fully saturated rings. The minimum atomic E-state index is -1.15. The number of hydrogen-bond donors (Lipinski definition) is 2. The smallest absolute Gasteiger partial charge is 0.329 e. The SMILES string of the molecule is COc1ccc(C)cc1NC(=O)N1CCCC1(C)C(=O)O. The average molecular weight is 292 g/mol. The summed E-state index contributed by atoms with van der Waals surface area (Å²) in [6.07, 6.45) is 1.14. The first-order chi connectivity index (χ1) is 9.88. The minimum Gasteiger partial charge on any atom is -0.495 e. The zero-order valence-corrected chi connectivity index (χ0v) is 12.5. The number of methoxy groups -OCH3 is 1. The van der Waals surface area contributed by atoms with Crippen molar-refractivity contribution in [3.05, 3.63) is 23.8 Å². The first-order valence-corrected chi connectivity index (χ1v) is 6.85. The summed E-state index contributed by atoms with van der Waals surface area (Å²) in [4.78, 5) is 25.2. The van der Waals surface area contributed by atoms with E-state index in [2.05, 4.69) is 5.32 Å². The van der Waals surface area contributed by atoms with Crippen molar-refractivity contribution in [2.24, 2.45) is 0 Å². The lowest BCUT2D eigenvalue weighted by molar-refractivity contribution is -0.146. The van der Waals surface area contributed by atoms with Crippen molar-refractivity contribution in [3.63, 3.8) is 0 Å². The molecule has 0 aromatic heterocycles. The van der Waals surface area contributed by atoms with Crippen LogP contribution in [0.5, 0.6) is 5.75 Å². The van der Waals surface area contributed by atoms with Gasteiger partial charge in [-0.1, -0.05) is 6.07 Å². The molecule has 0 saturated carbocycles. The fourth-order valence-electron chi connectivity index (χ4n) is 2.61. The Bertz CT molecular complexity index is 573. The Morgan fingerprint density at radius 1 is 1.43 bits per heavy atom. The van der Waals surface area contributed by atoms with E-state index in [1.54, 1.807) is 19.1 Å². The number of nitrogens with zero attached hydrogens (tertiary/aromatic N) is 1. The van der Waals surface area contributed by atoms with E-state index >= 15 is 0 Å². The number of benzene rings is 1. The Labute approximate surface area is 123 Å². The third-order valence-corrected chi connectivity index (χ3v) is 3.94. The topological polar surface area (TPSA) is 78.9 Å². The number of amides is 2. The van der Waals surface area contributed by atoms with Gasteiger partial charge in [0, 0.05) is 6.54 Å². The quantitative estimate of drug-likeness (QED) is 0.897. The van der Waals surface area contributed by atoms with Crippen molar-refractivity contribution >= 4 is 17.7 Å². The van der Waals surface area contributed by atoms with Gasteiger partial charge in [0.2, 0.25) is 0 Å². The van der Waals surface area contributed by atoms with Crippen molar-refractivity contribution in [2.75, 3.05) is 19.0 Å². The molecule has 21 heavy (non-hydrogen) atoms. The van der Waals surface area contributed by atoms with Crippen LogP contribution in [-0.4, -0.2) is 41.2 Å². The molecule has 0 aliphatic carbocycles. The lowest BCUT2D eigenvalue weighted by Crippen LogP contribution is -2.52. The number of carboxylic acid groups (broad SMARTS) is 1. The van der Waals surface area contributed by atoms with Gasteiger partial charge in [-0.15, -0.1) is 0 Å². The molecule has 0 bridgehead atoms. The third-order valence-electron chi connectivity index (χ3n) is 3.94. The summed E-state index contributed by atoms with van der Waals surface area (Å²) in [5.74, 6) is -0.434. The van der Waals surface area contributed by atoms with E-state index in [9.17, 15) is 14.7 Å². The largest absolute Gasteiger partial charge is 0.495 e. The van der Waals surface area contributed by atoms with Gasteiger partial charge < -0.3 is 20.1 Å². The predicted octanol–water partition coefficient (Wildman–Crippen LogP) is 2.47. The average Bonchev–Trinajstić information content (AvgIpc) is 2.82. The number of hydrogen-bond acceptors (Lipinski definition) is 3. The predicted molar refractivity (Wildman–Crippen MR) is 78.7 cm³/mol. The number of anilines is 1. The van der Waals surface area contributed by atoms with Gasteiger partial charge in [0.1, 0.15) is 11.3 Å². The molecule has 1 unspecified atom stereocenters. The number of urea groups is 1. The lowest BCUT2D eigenvalue weighted by Gasteiger charge is -2.31. The molecular formula is C15H20N2O4. The zero-order valence-electron chi connectivity index (χ0n) is 12.5. The fraction of sp³-hybridized carbons (Fsp3) is 0.467. The van der Waals surface area contributed by atoms with Gasteiger partial charge in [-0.05, 0) is 44.4 Å². The maximum atomic E-state index is 12.4. The van der Waals surface area contributed by atoms with E-state index in [1.807, 2.05) is 13.0 Å². The summed E-state index contributed by atoms with van der Waals surface area (Å²) in [5, 5.41) is 12.1. The maximum Gasteiger partial charge on any atom is 0.329 e. The number of carbonyl (C=O) groups excluding carboxylic acids is 1. The lowest BCUT2D eigenvalue weighted by atomic mass is 10.00. The second kappa shape index (κ2) is 5.63. The van der Waals surface area contributed by atoms with E-state index in [-0.39, 0.29) is 0 Å². The van der Waals surface area contributed by atoms with Crippen molar-refractivity contribution in [1.29, 1.82) is 0 Å². The van der Waals surface area contributed by atoms with Crippen LogP contribution in [0.15, 0.2) is 18.2 Å². The highest BCUT2D eigenvalue weighted by Gasteiger charge is 2.46. The highest BCUT2D eigenvalue weighted by atomic mass is 16.5. The van der Waals surface area contributed by atoms with Crippen LogP contribution >= 0.6 is 0 Å². The summed E-state index contributed by atoms with van der Waals surface area (Å²) >= 11 is 0. The number of carboxylic acids is 1. The molecule has 0 spiro atoms. The standard InChI is InChI=1S/C15H20N2O4/c1-10-5-6-12(21-3)11(9-10)16-14(20)17-8-4-7-15(17,2)13(18)19/h5-6,9H,4,7-8H2,1-3H3,(H,16,20)(H,18,19). The number of aliphatic carboxylic acids is 1. The van der Waals surface area contributed by atoms with Crippen LogP contribution in [0.2, 0.25) is 0 Å². The van der Waals surface area contributed by atoms with Crippen LogP contribution < -0.4 is 10.1 Å². The number of nitrogens with one attached hydrogen (secondary N) is 1. The Balaban J connectivity index is 2.22. The Morgan fingerprint density at radius 3 is 2.76 bits per heavy atom. The van der Waals surface area contributed by atoms with Crippen molar-refractivity contribution < 1.29 is 19.4 Å². The van der Waals surface area contributed by atoms with Crippen LogP contribution in [0.25, 0.3) is 0 Å². The van der Waals surface area contributed by atoms with Gasteiger partial charge in [0.05, 0.1) is 12.8 Å². The minimum absolute atomic E-state index is 0.415. The number of rotatable bonds is 3. The summed E-state index contributed by atoms with van der Waals surface area (Å²) in [7, 11) is 1.53. The van der Waals surface area contributed by atoms with Gasteiger partial charge in [-0.25, -0.2) is 9.59 Å². The molecule has 1 saturated heterocycles. The third kappa shape index (κ3) is 2.79. The molecule has 2 N–H and O–H groups in total. The molecular weight excluding hydrogens is 272 g/mol. The first kappa shape index (κ1) is 15.2. The van der Waals surface area contributed by atoms with Crippen molar-refractivity contribution in [1.82, 2.24) is 4.90 Å². The number of likely N-dealkylation sites (tertiary alicyclic amines) is 1. The number of ether oxygens (including phenoxy) is 1. The zero-order chi connectivity index (χ0) is 15.6. The molecule has 1 aromatic carbocycles. The van der Waals surface area contributed by atoms with Gasteiger partial charge in [-0.2, -0.15) is 0 Å². The van der Waals surface area contributed by atoms with Gasteiger partial charge >= 0.3 is 12.0 Å². The van der Waals surface area contributed by atoms with E-state index in [1.165, 1.54) is 12.0 Å².